The molecule has 4 nitrogen and oxygen atoms in total. The van der Waals surface area contributed by atoms with Gasteiger partial charge in [-0.15, -0.1) is 0 Å². The van der Waals surface area contributed by atoms with E-state index >= 15 is 0 Å². The molecule has 0 aliphatic rings. The first-order valence-corrected chi connectivity index (χ1v) is 6.65. The highest BCUT2D eigenvalue weighted by Gasteiger charge is 2.18. The number of aliphatic hydroxyl groups is 2. The van der Waals surface area contributed by atoms with Gasteiger partial charge in [0.15, 0.2) is 0 Å². The highest BCUT2D eigenvalue weighted by molar-refractivity contribution is 6.30. The van der Waals surface area contributed by atoms with Crippen molar-refractivity contribution in [2.45, 2.75) is 32.4 Å². The molecule has 1 unspecified atom stereocenters. The van der Waals surface area contributed by atoms with E-state index in [1.807, 2.05) is 13.8 Å². The average molecular weight is 286 g/mol. The fraction of sp³-hybridized carbons (Fsp3) is 0.500. The van der Waals surface area contributed by atoms with Crippen molar-refractivity contribution in [2.24, 2.45) is 5.92 Å². The molecule has 0 aromatic heterocycles. The van der Waals surface area contributed by atoms with E-state index in [2.05, 4.69) is 5.32 Å². The quantitative estimate of drug-likeness (QED) is 0.748. The Balaban J connectivity index is 2.54. The molecule has 5 heteroatoms. The van der Waals surface area contributed by atoms with Crippen LogP contribution in [0.1, 0.15) is 31.9 Å². The third kappa shape index (κ3) is 5.19. The third-order valence-corrected chi connectivity index (χ3v) is 3.23. The number of hydrogen-bond donors (Lipinski definition) is 3. The predicted molar refractivity (Wildman–Crippen MR) is 74.9 cm³/mol. The Morgan fingerprint density at radius 1 is 1.32 bits per heavy atom. The second-order valence-electron chi connectivity index (χ2n) is 4.87. The molecular weight excluding hydrogens is 266 g/mol. The summed E-state index contributed by atoms with van der Waals surface area (Å²) in [6.07, 6.45) is -0.908. The summed E-state index contributed by atoms with van der Waals surface area (Å²) in [6, 6.07) is 6.43. The van der Waals surface area contributed by atoms with Crippen LogP contribution in [-0.4, -0.2) is 28.8 Å². The second-order valence-corrected chi connectivity index (χ2v) is 5.31. The predicted octanol–water partition coefficient (Wildman–Crippen LogP) is 1.90. The van der Waals surface area contributed by atoms with Crippen molar-refractivity contribution in [3.8, 4) is 0 Å². The van der Waals surface area contributed by atoms with Crippen LogP contribution in [-0.2, 0) is 4.79 Å². The van der Waals surface area contributed by atoms with Crippen molar-refractivity contribution >= 4 is 17.5 Å². The Bertz CT molecular complexity index is 406. The molecule has 1 aromatic carbocycles. The molecular formula is C14H20ClNO3. The Morgan fingerprint density at radius 3 is 2.37 bits per heavy atom. The molecule has 0 spiro atoms. The van der Waals surface area contributed by atoms with Crippen molar-refractivity contribution in [1.82, 2.24) is 5.32 Å². The summed E-state index contributed by atoms with van der Waals surface area (Å²) in [4.78, 5) is 11.8. The number of carbonyl (C=O) groups is 1. The number of rotatable bonds is 6. The lowest BCUT2D eigenvalue weighted by Gasteiger charge is -2.21. The lowest BCUT2D eigenvalue weighted by atomic mass is 10.0. The lowest BCUT2D eigenvalue weighted by molar-refractivity contribution is -0.124. The van der Waals surface area contributed by atoms with Crippen molar-refractivity contribution < 1.29 is 15.0 Å². The van der Waals surface area contributed by atoms with Gasteiger partial charge >= 0.3 is 0 Å². The molecule has 0 saturated carbocycles. The molecule has 0 saturated heterocycles. The van der Waals surface area contributed by atoms with E-state index in [0.29, 0.717) is 10.6 Å². The Hall–Kier alpha value is -1.10. The molecule has 1 aromatic rings. The number of nitrogens with one attached hydrogen (secondary N) is 1. The fourth-order valence-corrected chi connectivity index (χ4v) is 1.79. The first kappa shape index (κ1) is 16.0. The highest BCUT2D eigenvalue weighted by atomic mass is 35.5. The van der Waals surface area contributed by atoms with Crippen LogP contribution in [0.3, 0.4) is 0 Å². The number of aliphatic hydroxyl groups excluding tert-OH is 2. The van der Waals surface area contributed by atoms with Crippen molar-refractivity contribution in [3.05, 3.63) is 34.9 Å². The van der Waals surface area contributed by atoms with Crippen LogP contribution in [0.2, 0.25) is 5.02 Å². The van der Waals surface area contributed by atoms with Crippen LogP contribution >= 0.6 is 11.6 Å². The third-order valence-electron chi connectivity index (χ3n) is 2.98. The normalized spacial score (nSPS) is 14.2. The minimum absolute atomic E-state index is 0.0369. The van der Waals surface area contributed by atoms with Crippen LogP contribution in [0.25, 0.3) is 0 Å². The first-order chi connectivity index (χ1) is 8.93. The van der Waals surface area contributed by atoms with E-state index in [1.165, 1.54) is 0 Å². The van der Waals surface area contributed by atoms with Gasteiger partial charge in [-0.3, -0.25) is 4.79 Å². The van der Waals surface area contributed by atoms with Crippen molar-refractivity contribution in [3.63, 3.8) is 0 Å². The molecule has 0 radical (unpaired) electrons. The summed E-state index contributed by atoms with van der Waals surface area (Å²) in [5, 5.41) is 22.4. The van der Waals surface area contributed by atoms with E-state index in [1.54, 1.807) is 24.3 Å². The second kappa shape index (κ2) is 7.48. The molecule has 0 fully saturated rings. The lowest BCUT2D eigenvalue weighted by Crippen LogP contribution is -2.41. The van der Waals surface area contributed by atoms with Gasteiger partial charge in [0.2, 0.25) is 5.91 Å². The molecule has 19 heavy (non-hydrogen) atoms. The molecule has 0 aliphatic heterocycles. The van der Waals surface area contributed by atoms with Crippen molar-refractivity contribution in [2.75, 3.05) is 6.61 Å². The van der Waals surface area contributed by atoms with Crippen LogP contribution in [0, 0.1) is 5.92 Å². The highest BCUT2D eigenvalue weighted by Crippen LogP contribution is 2.19. The van der Waals surface area contributed by atoms with Gasteiger partial charge in [-0.25, -0.2) is 0 Å². The van der Waals surface area contributed by atoms with Crippen LogP contribution < -0.4 is 5.32 Å². The van der Waals surface area contributed by atoms with E-state index in [4.69, 9.17) is 16.7 Å². The number of halogens is 1. The smallest absolute Gasteiger partial charge is 0.223 e. The fourth-order valence-electron chi connectivity index (χ4n) is 1.67. The molecule has 106 valence electrons. The van der Waals surface area contributed by atoms with E-state index in [9.17, 15) is 9.90 Å². The summed E-state index contributed by atoms with van der Waals surface area (Å²) in [5.74, 6) is -0.142. The van der Waals surface area contributed by atoms with Crippen LogP contribution in [0.15, 0.2) is 24.3 Å². The SMILES string of the molecule is CC(C)[C@@H](CO)NC(=O)CC(O)c1ccc(Cl)cc1. The summed E-state index contributed by atoms with van der Waals surface area (Å²) in [5.41, 5.74) is 0.643. The van der Waals surface area contributed by atoms with Gasteiger partial charge in [-0.2, -0.15) is 0 Å². The van der Waals surface area contributed by atoms with Gasteiger partial charge < -0.3 is 15.5 Å². The van der Waals surface area contributed by atoms with Crippen molar-refractivity contribution in [1.29, 1.82) is 0 Å². The van der Waals surface area contributed by atoms with Gasteiger partial charge in [-0.1, -0.05) is 37.6 Å². The maximum Gasteiger partial charge on any atom is 0.223 e. The molecule has 2 atom stereocenters. The van der Waals surface area contributed by atoms with Gasteiger partial charge in [0.25, 0.3) is 0 Å². The Labute approximate surface area is 118 Å². The van der Waals surface area contributed by atoms with Gasteiger partial charge in [-0.05, 0) is 23.6 Å². The standard InChI is InChI=1S/C14H20ClNO3/c1-9(2)12(8-17)16-14(19)7-13(18)10-3-5-11(15)6-4-10/h3-6,9,12-13,17-18H,7-8H2,1-2H3,(H,16,19)/t12-,13?/m1/s1. The number of benzene rings is 1. The maximum absolute atomic E-state index is 11.8. The maximum atomic E-state index is 11.8. The summed E-state index contributed by atoms with van der Waals surface area (Å²) >= 11 is 5.76. The van der Waals surface area contributed by atoms with Crippen LogP contribution in [0.5, 0.6) is 0 Å². The molecule has 1 rings (SSSR count). The largest absolute Gasteiger partial charge is 0.394 e. The topological polar surface area (TPSA) is 69.6 Å². The molecule has 0 bridgehead atoms. The Morgan fingerprint density at radius 2 is 1.89 bits per heavy atom. The Kier molecular flexibility index (Phi) is 6.28. The summed E-state index contributed by atoms with van der Waals surface area (Å²) in [7, 11) is 0. The first-order valence-electron chi connectivity index (χ1n) is 6.27. The monoisotopic (exact) mass is 285 g/mol. The summed E-state index contributed by atoms with van der Waals surface area (Å²) in [6.45, 7) is 3.72. The molecule has 0 aliphatic carbocycles. The molecule has 0 heterocycles. The minimum Gasteiger partial charge on any atom is -0.394 e. The number of carbonyl (C=O) groups excluding carboxylic acids is 1. The van der Waals surface area contributed by atoms with Gasteiger partial charge in [0.05, 0.1) is 25.2 Å². The zero-order chi connectivity index (χ0) is 14.4. The zero-order valence-corrected chi connectivity index (χ0v) is 11.9. The zero-order valence-electron chi connectivity index (χ0n) is 11.1. The molecule has 3 N–H and O–H groups in total. The van der Waals surface area contributed by atoms with E-state index in [-0.39, 0.29) is 30.9 Å². The minimum atomic E-state index is -0.872. The van der Waals surface area contributed by atoms with Gasteiger partial charge in [0.1, 0.15) is 0 Å². The molecule has 1 amide bonds. The van der Waals surface area contributed by atoms with E-state index < -0.39 is 6.10 Å². The number of hydrogen-bond acceptors (Lipinski definition) is 3. The van der Waals surface area contributed by atoms with Gasteiger partial charge in [0, 0.05) is 5.02 Å². The van der Waals surface area contributed by atoms with Crippen LogP contribution in [0.4, 0.5) is 0 Å². The summed E-state index contributed by atoms with van der Waals surface area (Å²) < 4.78 is 0. The number of amides is 1. The average Bonchev–Trinajstić information content (AvgIpc) is 2.36. The van der Waals surface area contributed by atoms with E-state index in [0.717, 1.165) is 0 Å².